The zero-order chi connectivity index (χ0) is 17.5. The van der Waals surface area contributed by atoms with Crippen molar-refractivity contribution in [3.63, 3.8) is 0 Å². The molecule has 0 bridgehead atoms. The second-order valence-electron chi connectivity index (χ2n) is 7.32. The van der Waals surface area contributed by atoms with Crippen molar-refractivity contribution in [2.24, 2.45) is 10.9 Å². The Bertz CT molecular complexity index is 550. The largest absolute Gasteiger partial charge is 0.369 e. The van der Waals surface area contributed by atoms with Gasteiger partial charge in [-0.25, -0.2) is 0 Å². The van der Waals surface area contributed by atoms with Crippen molar-refractivity contribution in [3.05, 3.63) is 30.3 Å². The second kappa shape index (κ2) is 11.0. The highest BCUT2D eigenvalue weighted by molar-refractivity contribution is 14.0. The Morgan fingerprint density at radius 2 is 1.96 bits per heavy atom. The summed E-state index contributed by atoms with van der Waals surface area (Å²) in [5, 5.41) is 7.16. The fourth-order valence-corrected chi connectivity index (χ4v) is 3.98. The minimum atomic E-state index is 0. The maximum absolute atomic E-state index is 4.43. The summed E-state index contributed by atoms with van der Waals surface area (Å²) in [5.41, 5.74) is 1.32. The van der Waals surface area contributed by atoms with E-state index >= 15 is 0 Å². The molecule has 2 fully saturated rings. The van der Waals surface area contributed by atoms with E-state index in [-0.39, 0.29) is 24.0 Å². The molecule has 6 heteroatoms. The molecular formula is C20H34IN5. The highest BCUT2D eigenvalue weighted by Crippen LogP contribution is 2.19. The third-order valence-corrected chi connectivity index (χ3v) is 5.34. The molecule has 2 saturated heterocycles. The van der Waals surface area contributed by atoms with E-state index in [9.17, 15) is 0 Å². The van der Waals surface area contributed by atoms with Gasteiger partial charge in [0.2, 0.25) is 0 Å². The number of guanidine groups is 1. The van der Waals surface area contributed by atoms with E-state index in [1.54, 1.807) is 0 Å². The number of anilines is 1. The number of aliphatic imine (C=N–C) groups is 1. The Morgan fingerprint density at radius 3 is 2.69 bits per heavy atom. The third kappa shape index (κ3) is 6.01. The number of nitrogens with zero attached hydrogens (tertiary/aromatic N) is 3. The second-order valence-corrected chi connectivity index (χ2v) is 7.32. The lowest BCUT2D eigenvalue weighted by molar-refractivity contribution is 0.324. The Kier molecular flexibility index (Phi) is 8.98. The van der Waals surface area contributed by atoms with Crippen molar-refractivity contribution in [2.75, 3.05) is 51.2 Å². The van der Waals surface area contributed by atoms with Crippen LogP contribution in [0.3, 0.4) is 0 Å². The van der Waals surface area contributed by atoms with E-state index in [1.807, 2.05) is 7.05 Å². The van der Waals surface area contributed by atoms with Crippen molar-refractivity contribution < 1.29 is 0 Å². The Balaban J connectivity index is 0.00000243. The standard InChI is InChI=1S/C20H33N5.HI/c1-3-11-24-12-9-17(15-24)14-22-20(21-2)23-18-10-13-25(16-18)19-7-5-4-6-8-19;/h4-8,17-18H,3,9-16H2,1-2H3,(H2,21,22,23);1H. The molecule has 0 spiro atoms. The van der Waals surface area contributed by atoms with E-state index < -0.39 is 0 Å². The average Bonchev–Trinajstić information content (AvgIpc) is 3.29. The summed E-state index contributed by atoms with van der Waals surface area (Å²) in [6, 6.07) is 11.1. The van der Waals surface area contributed by atoms with Crippen LogP contribution in [-0.4, -0.2) is 63.2 Å². The molecule has 2 unspecified atom stereocenters. The van der Waals surface area contributed by atoms with Gasteiger partial charge in [0.05, 0.1) is 0 Å². The van der Waals surface area contributed by atoms with Gasteiger partial charge in [0, 0.05) is 45.0 Å². The molecule has 2 heterocycles. The fourth-order valence-electron chi connectivity index (χ4n) is 3.98. The van der Waals surface area contributed by atoms with Gasteiger partial charge >= 0.3 is 0 Å². The van der Waals surface area contributed by atoms with Crippen molar-refractivity contribution in [3.8, 4) is 0 Å². The summed E-state index contributed by atoms with van der Waals surface area (Å²) in [6.07, 6.45) is 3.71. The Morgan fingerprint density at radius 1 is 1.15 bits per heavy atom. The third-order valence-electron chi connectivity index (χ3n) is 5.34. The summed E-state index contributed by atoms with van der Waals surface area (Å²) in [6.45, 7) is 9.14. The van der Waals surface area contributed by atoms with Crippen molar-refractivity contribution in [2.45, 2.75) is 32.2 Å². The molecule has 0 saturated carbocycles. The number of rotatable bonds is 6. The van der Waals surface area contributed by atoms with Gasteiger partial charge in [0.1, 0.15) is 0 Å². The van der Waals surface area contributed by atoms with E-state index in [0.29, 0.717) is 6.04 Å². The SMILES string of the molecule is CCCN1CCC(CNC(=NC)NC2CCN(c3ccccc3)C2)C1.I. The molecule has 1 aromatic rings. The van der Waals surface area contributed by atoms with E-state index in [0.717, 1.165) is 37.9 Å². The summed E-state index contributed by atoms with van der Waals surface area (Å²) in [5.74, 6) is 1.70. The lowest BCUT2D eigenvalue weighted by Crippen LogP contribution is -2.46. The van der Waals surface area contributed by atoms with Gasteiger partial charge in [-0.1, -0.05) is 25.1 Å². The molecule has 0 radical (unpaired) electrons. The molecule has 26 heavy (non-hydrogen) atoms. The lowest BCUT2D eigenvalue weighted by Gasteiger charge is -2.21. The minimum absolute atomic E-state index is 0. The summed E-state index contributed by atoms with van der Waals surface area (Å²) >= 11 is 0. The molecule has 0 amide bonds. The molecule has 5 nitrogen and oxygen atoms in total. The van der Waals surface area contributed by atoms with Crippen molar-refractivity contribution in [1.82, 2.24) is 15.5 Å². The van der Waals surface area contributed by atoms with Crippen LogP contribution in [0.25, 0.3) is 0 Å². The van der Waals surface area contributed by atoms with Crippen LogP contribution >= 0.6 is 24.0 Å². The molecule has 2 N–H and O–H groups in total. The van der Waals surface area contributed by atoms with Crippen LogP contribution in [0.4, 0.5) is 5.69 Å². The van der Waals surface area contributed by atoms with Gasteiger partial charge in [-0.2, -0.15) is 0 Å². The predicted molar refractivity (Wildman–Crippen MR) is 122 cm³/mol. The highest BCUT2D eigenvalue weighted by Gasteiger charge is 2.25. The summed E-state index contributed by atoms with van der Waals surface area (Å²) in [4.78, 5) is 9.46. The van der Waals surface area contributed by atoms with Crippen molar-refractivity contribution >= 4 is 35.6 Å². The fraction of sp³-hybridized carbons (Fsp3) is 0.650. The van der Waals surface area contributed by atoms with Crippen LogP contribution in [-0.2, 0) is 0 Å². The van der Waals surface area contributed by atoms with Gasteiger partial charge in [0.25, 0.3) is 0 Å². The molecule has 3 rings (SSSR count). The average molecular weight is 471 g/mol. The van der Waals surface area contributed by atoms with Gasteiger partial charge < -0.3 is 20.4 Å². The van der Waals surface area contributed by atoms with Crippen LogP contribution in [0.15, 0.2) is 35.3 Å². The van der Waals surface area contributed by atoms with Crippen LogP contribution in [0, 0.1) is 5.92 Å². The van der Waals surface area contributed by atoms with Crippen LogP contribution in [0.1, 0.15) is 26.2 Å². The number of nitrogens with one attached hydrogen (secondary N) is 2. The molecule has 1 aromatic carbocycles. The number of hydrogen-bond acceptors (Lipinski definition) is 3. The first-order valence-electron chi connectivity index (χ1n) is 9.78. The Labute approximate surface area is 175 Å². The highest BCUT2D eigenvalue weighted by atomic mass is 127. The minimum Gasteiger partial charge on any atom is -0.369 e. The molecule has 2 atom stereocenters. The van der Waals surface area contributed by atoms with Gasteiger partial charge in [-0.15, -0.1) is 24.0 Å². The maximum atomic E-state index is 4.43. The van der Waals surface area contributed by atoms with E-state index in [4.69, 9.17) is 0 Å². The lowest BCUT2D eigenvalue weighted by atomic mass is 10.1. The molecule has 0 aliphatic carbocycles. The molecule has 0 aromatic heterocycles. The summed E-state index contributed by atoms with van der Waals surface area (Å²) < 4.78 is 0. The first kappa shape index (κ1) is 21.3. The van der Waals surface area contributed by atoms with E-state index in [2.05, 4.69) is 62.7 Å². The van der Waals surface area contributed by atoms with Crippen LogP contribution < -0.4 is 15.5 Å². The maximum Gasteiger partial charge on any atom is 0.191 e. The monoisotopic (exact) mass is 471 g/mol. The summed E-state index contributed by atoms with van der Waals surface area (Å²) in [7, 11) is 1.87. The molecule has 146 valence electrons. The van der Waals surface area contributed by atoms with Crippen LogP contribution in [0.5, 0.6) is 0 Å². The number of para-hydroxylation sites is 1. The predicted octanol–water partition coefficient (Wildman–Crippen LogP) is 2.78. The first-order valence-corrected chi connectivity index (χ1v) is 9.78. The first-order chi connectivity index (χ1) is 12.3. The zero-order valence-electron chi connectivity index (χ0n) is 16.2. The number of hydrogen-bond donors (Lipinski definition) is 2. The molecule has 2 aliphatic rings. The number of likely N-dealkylation sites (tertiary alicyclic amines) is 1. The number of benzene rings is 1. The van der Waals surface area contributed by atoms with Crippen molar-refractivity contribution in [1.29, 1.82) is 0 Å². The molecule has 2 aliphatic heterocycles. The normalized spacial score (nSPS) is 23.8. The van der Waals surface area contributed by atoms with Crippen LogP contribution in [0.2, 0.25) is 0 Å². The topological polar surface area (TPSA) is 42.9 Å². The van der Waals surface area contributed by atoms with Gasteiger partial charge in [-0.3, -0.25) is 4.99 Å². The quantitative estimate of drug-likeness (QED) is 0.381. The number of halogens is 1. The van der Waals surface area contributed by atoms with E-state index in [1.165, 1.54) is 38.2 Å². The zero-order valence-corrected chi connectivity index (χ0v) is 18.5. The molecular weight excluding hydrogens is 437 g/mol. The van der Waals surface area contributed by atoms with Gasteiger partial charge in [0.15, 0.2) is 5.96 Å². The Hall–Kier alpha value is -1.02. The van der Waals surface area contributed by atoms with Gasteiger partial charge in [-0.05, 0) is 50.4 Å². The smallest absolute Gasteiger partial charge is 0.191 e.